The fraction of sp³-hybridized carbons (Fsp3) is 0.923. The Balaban J connectivity index is 2.01. The highest BCUT2D eigenvalue weighted by atomic mass is 32.2. The Hall–Kier alpha value is -0.340. The lowest BCUT2D eigenvalue weighted by atomic mass is 9.95. The van der Waals surface area contributed by atoms with Gasteiger partial charge in [0.1, 0.15) is 23.7 Å². The Morgan fingerprint density at radius 2 is 2.10 bits per heavy atom. The van der Waals surface area contributed by atoms with E-state index in [1.165, 1.54) is 11.8 Å². The van der Waals surface area contributed by atoms with Gasteiger partial charge in [-0.3, -0.25) is 4.99 Å². The van der Waals surface area contributed by atoms with Crippen LogP contribution in [0.2, 0.25) is 0 Å². The first-order valence-electron chi connectivity index (χ1n) is 7.16. The number of aliphatic hydroxyl groups is 3. The van der Waals surface area contributed by atoms with Crippen molar-refractivity contribution in [2.24, 2.45) is 4.99 Å². The van der Waals surface area contributed by atoms with E-state index in [-0.39, 0.29) is 12.0 Å². The van der Waals surface area contributed by atoms with Crippen LogP contribution in [-0.2, 0) is 4.74 Å². The Kier molecular flexibility index (Phi) is 5.68. The number of fused-ring (bicyclic) bond motifs is 1. The summed E-state index contributed by atoms with van der Waals surface area (Å²) in [6.07, 6.45) is -0.160. The van der Waals surface area contributed by atoms with Crippen molar-refractivity contribution in [1.29, 1.82) is 0 Å². The smallest absolute Gasteiger partial charge is 0.162 e. The van der Waals surface area contributed by atoms with E-state index in [0.29, 0.717) is 12.8 Å². The van der Waals surface area contributed by atoms with E-state index in [0.717, 1.165) is 18.1 Å². The number of thioether (sulfide) groups is 1. The summed E-state index contributed by atoms with van der Waals surface area (Å²) in [5.74, 6) is 0. The molecule has 0 aliphatic carbocycles. The first-order valence-corrected chi connectivity index (χ1v) is 8.04. The zero-order valence-corrected chi connectivity index (χ0v) is 12.8. The van der Waals surface area contributed by atoms with E-state index in [1.807, 2.05) is 11.9 Å². The monoisotopic (exact) mass is 304 g/mol. The van der Waals surface area contributed by atoms with Gasteiger partial charge in [0.25, 0.3) is 0 Å². The highest BCUT2D eigenvalue weighted by Crippen LogP contribution is 2.38. The molecule has 0 amide bonds. The molecule has 7 heteroatoms. The molecule has 0 aromatic heterocycles. The molecule has 2 aliphatic rings. The quantitative estimate of drug-likeness (QED) is 0.664. The normalized spacial score (nSPS) is 36.6. The molecule has 0 unspecified atom stereocenters. The number of hydrogen-bond donors (Lipinski definition) is 3. The summed E-state index contributed by atoms with van der Waals surface area (Å²) < 4.78 is 5.85. The number of rotatable bonds is 5. The molecule has 0 bridgehead atoms. The van der Waals surface area contributed by atoms with Crippen molar-refractivity contribution in [3.8, 4) is 0 Å². The SMILES string of the molecule is CCCN(C)C1=N[C@@H]2[C@@H](O)[C@H](O)[C@@H](CCCO)O[C@@H]2S1. The maximum Gasteiger partial charge on any atom is 0.162 e. The van der Waals surface area contributed by atoms with Crippen molar-refractivity contribution < 1.29 is 20.1 Å². The molecule has 20 heavy (non-hydrogen) atoms. The maximum atomic E-state index is 10.2. The topological polar surface area (TPSA) is 85.5 Å². The molecule has 0 radical (unpaired) electrons. The molecular formula is C13H24N2O4S. The summed E-state index contributed by atoms with van der Waals surface area (Å²) in [6.45, 7) is 3.06. The molecule has 0 saturated carbocycles. The van der Waals surface area contributed by atoms with Crippen LogP contribution < -0.4 is 0 Å². The van der Waals surface area contributed by atoms with Crippen LogP contribution in [0.25, 0.3) is 0 Å². The van der Waals surface area contributed by atoms with Crippen LogP contribution in [0.15, 0.2) is 4.99 Å². The summed E-state index contributed by atoms with van der Waals surface area (Å²) in [7, 11) is 1.97. The second kappa shape index (κ2) is 7.09. The predicted octanol–water partition coefficient (Wildman–Crippen LogP) is 0.0188. The van der Waals surface area contributed by atoms with Gasteiger partial charge in [-0.05, 0) is 19.3 Å². The van der Waals surface area contributed by atoms with E-state index >= 15 is 0 Å². The fourth-order valence-electron chi connectivity index (χ4n) is 2.56. The van der Waals surface area contributed by atoms with Crippen LogP contribution >= 0.6 is 11.8 Å². The largest absolute Gasteiger partial charge is 0.396 e. The first kappa shape index (κ1) is 16.0. The Bertz CT molecular complexity index is 355. The van der Waals surface area contributed by atoms with Crippen LogP contribution in [0.5, 0.6) is 0 Å². The predicted molar refractivity (Wildman–Crippen MR) is 78.7 cm³/mol. The molecule has 5 atom stereocenters. The highest BCUT2D eigenvalue weighted by molar-refractivity contribution is 8.14. The molecule has 0 aromatic carbocycles. The first-order chi connectivity index (χ1) is 9.58. The zero-order valence-electron chi connectivity index (χ0n) is 12.0. The molecule has 2 rings (SSSR count). The molecule has 2 heterocycles. The Morgan fingerprint density at radius 3 is 2.75 bits per heavy atom. The average molecular weight is 304 g/mol. The summed E-state index contributed by atoms with van der Waals surface area (Å²) in [6, 6.07) is -0.408. The minimum Gasteiger partial charge on any atom is -0.396 e. The van der Waals surface area contributed by atoms with Gasteiger partial charge >= 0.3 is 0 Å². The number of hydrogen-bond acceptors (Lipinski definition) is 7. The lowest BCUT2D eigenvalue weighted by Crippen LogP contribution is -2.54. The summed E-state index contributed by atoms with van der Waals surface area (Å²) >= 11 is 1.51. The van der Waals surface area contributed by atoms with Gasteiger partial charge in [0, 0.05) is 20.2 Å². The minimum absolute atomic E-state index is 0.0604. The van der Waals surface area contributed by atoms with Crippen molar-refractivity contribution in [2.45, 2.75) is 56.0 Å². The lowest BCUT2D eigenvalue weighted by molar-refractivity contribution is -0.155. The molecule has 6 nitrogen and oxygen atoms in total. The molecule has 0 aromatic rings. The van der Waals surface area contributed by atoms with Gasteiger partial charge in [-0.2, -0.15) is 0 Å². The van der Waals surface area contributed by atoms with Crippen LogP contribution in [0, 0.1) is 0 Å². The number of aliphatic hydroxyl groups excluding tert-OH is 3. The Labute approximate surface area is 123 Å². The van der Waals surface area contributed by atoms with Crippen molar-refractivity contribution in [3.63, 3.8) is 0 Å². The van der Waals surface area contributed by atoms with Gasteiger partial charge < -0.3 is 25.0 Å². The van der Waals surface area contributed by atoms with Gasteiger partial charge in [-0.1, -0.05) is 18.7 Å². The highest BCUT2D eigenvalue weighted by Gasteiger charge is 2.48. The van der Waals surface area contributed by atoms with E-state index in [2.05, 4.69) is 11.9 Å². The van der Waals surface area contributed by atoms with E-state index in [1.54, 1.807) is 0 Å². The number of aliphatic imine (C=N–C) groups is 1. The summed E-state index contributed by atoms with van der Waals surface area (Å²) in [5, 5.41) is 30.0. The van der Waals surface area contributed by atoms with Gasteiger partial charge in [0.15, 0.2) is 5.17 Å². The Morgan fingerprint density at radius 1 is 1.35 bits per heavy atom. The van der Waals surface area contributed by atoms with Crippen LogP contribution in [0.3, 0.4) is 0 Å². The van der Waals surface area contributed by atoms with Crippen LogP contribution in [-0.4, -0.2) is 75.4 Å². The third kappa shape index (κ3) is 3.28. The second-order valence-electron chi connectivity index (χ2n) is 5.33. The molecule has 2 aliphatic heterocycles. The van der Waals surface area contributed by atoms with Crippen molar-refractivity contribution in [1.82, 2.24) is 4.90 Å². The van der Waals surface area contributed by atoms with Gasteiger partial charge in [0.05, 0.1) is 6.10 Å². The van der Waals surface area contributed by atoms with E-state index < -0.39 is 24.4 Å². The molecule has 1 saturated heterocycles. The van der Waals surface area contributed by atoms with E-state index in [4.69, 9.17) is 9.84 Å². The van der Waals surface area contributed by atoms with Crippen molar-refractivity contribution in [3.05, 3.63) is 0 Å². The average Bonchev–Trinajstić information content (AvgIpc) is 2.86. The number of nitrogens with zero attached hydrogens (tertiary/aromatic N) is 2. The number of ether oxygens (including phenoxy) is 1. The maximum absolute atomic E-state index is 10.2. The van der Waals surface area contributed by atoms with Crippen molar-refractivity contribution in [2.75, 3.05) is 20.2 Å². The number of amidine groups is 1. The lowest BCUT2D eigenvalue weighted by Gasteiger charge is -2.38. The molecule has 1 fully saturated rings. The van der Waals surface area contributed by atoms with E-state index in [9.17, 15) is 10.2 Å². The zero-order chi connectivity index (χ0) is 14.7. The van der Waals surface area contributed by atoms with Gasteiger partial charge in [-0.15, -0.1) is 0 Å². The summed E-state index contributed by atoms with van der Waals surface area (Å²) in [5.41, 5.74) is -0.244. The van der Waals surface area contributed by atoms with Crippen molar-refractivity contribution >= 4 is 16.9 Å². The molecule has 0 spiro atoms. The third-order valence-electron chi connectivity index (χ3n) is 3.68. The standard InChI is InChI=1S/C13H24N2O4S/c1-3-6-15(2)13-14-9-11(18)10(17)8(5-4-7-16)19-12(9)20-13/h8-12,16-18H,3-7H2,1-2H3/t8-,9-,10-,11-,12-/m1/s1. The molecular weight excluding hydrogens is 280 g/mol. The minimum atomic E-state index is -0.942. The van der Waals surface area contributed by atoms with Gasteiger partial charge in [0.2, 0.25) is 0 Å². The fourth-order valence-corrected chi connectivity index (χ4v) is 3.78. The second-order valence-corrected chi connectivity index (χ2v) is 6.40. The third-order valence-corrected chi connectivity index (χ3v) is 4.93. The van der Waals surface area contributed by atoms with Gasteiger partial charge in [-0.25, -0.2) is 0 Å². The molecule has 116 valence electrons. The van der Waals surface area contributed by atoms with Crippen LogP contribution in [0.4, 0.5) is 0 Å². The molecule has 3 N–H and O–H groups in total. The summed E-state index contributed by atoms with van der Waals surface area (Å²) in [4.78, 5) is 6.55. The van der Waals surface area contributed by atoms with Crippen LogP contribution in [0.1, 0.15) is 26.2 Å².